The van der Waals surface area contributed by atoms with Crippen molar-refractivity contribution in [3.63, 3.8) is 0 Å². The number of anilines is 2. The molecule has 0 heterocycles. The van der Waals surface area contributed by atoms with E-state index in [1.165, 1.54) is 0 Å². The fourth-order valence-corrected chi connectivity index (χ4v) is 1.55. The Morgan fingerprint density at radius 2 is 2.00 bits per heavy atom. The first kappa shape index (κ1) is 13.4. The van der Waals surface area contributed by atoms with Gasteiger partial charge in [-0.15, -0.1) is 0 Å². The van der Waals surface area contributed by atoms with Crippen LogP contribution in [-0.4, -0.2) is 18.5 Å². The van der Waals surface area contributed by atoms with Crippen molar-refractivity contribution in [1.29, 1.82) is 0 Å². The predicted octanol–water partition coefficient (Wildman–Crippen LogP) is 1.99. The minimum Gasteiger partial charge on any atom is -0.397 e. The summed E-state index contributed by atoms with van der Waals surface area (Å²) in [7, 11) is 1.97. The first-order valence-electron chi connectivity index (χ1n) is 5.72. The maximum Gasteiger partial charge on any atom is 0.248 e. The van der Waals surface area contributed by atoms with E-state index in [2.05, 4.69) is 25.7 Å². The molecule has 0 bridgehead atoms. The number of amides is 1. The molecule has 0 aliphatic heterocycles. The minimum atomic E-state index is -0.436. The Labute approximate surface area is 103 Å². The van der Waals surface area contributed by atoms with Crippen molar-refractivity contribution in [2.75, 3.05) is 17.7 Å². The molecular weight excluding hydrogens is 214 g/mol. The topological polar surface area (TPSA) is 72.3 Å². The summed E-state index contributed by atoms with van der Waals surface area (Å²) >= 11 is 0. The van der Waals surface area contributed by atoms with Crippen LogP contribution in [0.4, 0.5) is 11.4 Å². The number of nitrogen functional groups attached to an aromatic ring is 1. The molecule has 1 aromatic carbocycles. The molecule has 1 aromatic rings. The van der Waals surface area contributed by atoms with Gasteiger partial charge >= 0.3 is 0 Å². The van der Waals surface area contributed by atoms with E-state index in [-0.39, 0.29) is 5.54 Å². The van der Waals surface area contributed by atoms with Gasteiger partial charge in [-0.3, -0.25) is 4.79 Å². The van der Waals surface area contributed by atoms with Crippen LogP contribution in [-0.2, 0) is 0 Å². The third-order valence-corrected chi connectivity index (χ3v) is 3.45. The second kappa shape index (κ2) is 4.65. The van der Waals surface area contributed by atoms with Crippen LogP contribution in [0.3, 0.4) is 0 Å². The van der Waals surface area contributed by atoms with Gasteiger partial charge in [-0.2, -0.15) is 0 Å². The van der Waals surface area contributed by atoms with Crippen LogP contribution in [0.5, 0.6) is 0 Å². The Kier molecular flexibility index (Phi) is 3.66. The Balaban J connectivity index is 3.21. The summed E-state index contributed by atoms with van der Waals surface area (Å²) in [6.45, 7) is 6.37. The van der Waals surface area contributed by atoms with Crippen molar-refractivity contribution in [1.82, 2.24) is 0 Å². The minimum absolute atomic E-state index is 0.0234. The zero-order valence-corrected chi connectivity index (χ0v) is 10.9. The number of nitrogens with zero attached hydrogens (tertiary/aromatic N) is 1. The molecule has 1 rings (SSSR count). The molecule has 0 saturated carbocycles. The van der Waals surface area contributed by atoms with Crippen LogP contribution in [0.2, 0.25) is 0 Å². The third-order valence-electron chi connectivity index (χ3n) is 3.45. The zero-order chi connectivity index (χ0) is 13.2. The van der Waals surface area contributed by atoms with Crippen molar-refractivity contribution >= 4 is 17.3 Å². The SMILES string of the molecule is CCC(C)(C)N(C)c1cc(C(N)=O)ccc1N. The largest absolute Gasteiger partial charge is 0.397 e. The first-order valence-corrected chi connectivity index (χ1v) is 5.72. The summed E-state index contributed by atoms with van der Waals surface area (Å²) in [6, 6.07) is 5.11. The van der Waals surface area contributed by atoms with E-state index in [1.54, 1.807) is 18.2 Å². The molecule has 0 aliphatic carbocycles. The molecule has 0 aromatic heterocycles. The quantitative estimate of drug-likeness (QED) is 0.784. The number of hydrogen-bond donors (Lipinski definition) is 2. The molecule has 0 aliphatic rings. The zero-order valence-electron chi connectivity index (χ0n) is 10.9. The smallest absolute Gasteiger partial charge is 0.248 e. The highest BCUT2D eigenvalue weighted by Crippen LogP contribution is 2.30. The van der Waals surface area contributed by atoms with Gasteiger partial charge in [0, 0.05) is 18.2 Å². The van der Waals surface area contributed by atoms with Crippen LogP contribution in [0, 0.1) is 0 Å². The Hall–Kier alpha value is -1.71. The molecule has 0 unspecified atom stereocenters. The normalized spacial score (nSPS) is 11.3. The van der Waals surface area contributed by atoms with Crippen LogP contribution < -0.4 is 16.4 Å². The van der Waals surface area contributed by atoms with Gasteiger partial charge in [0.15, 0.2) is 0 Å². The predicted molar refractivity (Wildman–Crippen MR) is 72.1 cm³/mol. The second-order valence-corrected chi connectivity index (χ2v) is 4.86. The average Bonchev–Trinajstić information content (AvgIpc) is 2.28. The first-order chi connectivity index (χ1) is 7.79. The van der Waals surface area contributed by atoms with Crippen molar-refractivity contribution in [3.8, 4) is 0 Å². The highest BCUT2D eigenvalue weighted by molar-refractivity contribution is 5.95. The molecule has 0 atom stereocenters. The number of benzene rings is 1. The number of hydrogen-bond acceptors (Lipinski definition) is 3. The van der Waals surface area contributed by atoms with E-state index in [9.17, 15) is 4.79 Å². The number of nitrogens with two attached hydrogens (primary N) is 2. The van der Waals surface area contributed by atoms with E-state index in [1.807, 2.05) is 7.05 Å². The Morgan fingerprint density at radius 1 is 1.41 bits per heavy atom. The molecule has 94 valence electrons. The van der Waals surface area contributed by atoms with Gasteiger partial charge in [0.05, 0.1) is 11.4 Å². The lowest BCUT2D eigenvalue weighted by atomic mass is 9.98. The number of primary amides is 1. The van der Waals surface area contributed by atoms with Crippen molar-refractivity contribution in [2.24, 2.45) is 5.73 Å². The van der Waals surface area contributed by atoms with Crippen LogP contribution >= 0.6 is 0 Å². The lowest BCUT2D eigenvalue weighted by molar-refractivity contribution is 0.100. The fourth-order valence-electron chi connectivity index (χ4n) is 1.55. The van der Waals surface area contributed by atoms with Gasteiger partial charge in [0.2, 0.25) is 5.91 Å². The summed E-state index contributed by atoms with van der Waals surface area (Å²) in [5, 5.41) is 0. The summed E-state index contributed by atoms with van der Waals surface area (Å²) in [5.74, 6) is -0.436. The molecular formula is C13H21N3O. The molecule has 0 fully saturated rings. The van der Waals surface area contributed by atoms with E-state index in [0.717, 1.165) is 12.1 Å². The van der Waals surface area contributed by atoms with E-state index >= 15 is 0 Å². The fraction of sp³-hybridized carbons (Fsp3) is 0.462. The second-order valence-electron chi connectivity index (χ2n) is 4.86. The summed E-state index contributed by atoms with van der Waals surface area (Å²) in [6.07, 6.45) is 0.976. The van der Waals surface area contributed by atoms with Gasteiger partial charge in [-0.1, -0.05) is 6.92 Å². The van der Waals surface area contributed by atoms with Gasteiger partial charge in [0.1, 0.15) is 0 Å². The maximum absolute atomic E-state index is 11.2. The molecule has 0 saturated heterocycles. The van der Waals surface area contributed by atoms with Gasteiger partial charge in [0.25, 0.3) is 0 Å². The van der Waals surface area contributed by atoms with Crippen molar-refractivity contribution in [2.45, 2.75) is 32.7 Å². The van der Waals surface area contributed by atoms with Crippen molar-refractivity contribution < 1.29 is 4.79 Å². The third kappa shape index (κ3) is 2.70. The molecule has 0 radical (unpaired) electrons. The Morgan fingerprint density at radius 3 is 2.47 bits per heavy atom. The monoisotopic (exact) mass is 235 g/mol. The lowest BCUT2D eigenvalue weighted by Gasteiger charge is -2.37. The van der Waals surface area contributed by atoms with Crippen LogP contribution in [0.15, 0.2) is 18.2 Å². The highest BCUT2D eigenvalue weighted by atomic mass is 16.1. The molecule has 0 spiro atoms. The molecule has 4 N–H and O–H groups in total. The molecule has 4 heteroatoms. The van der Waals surface area contributed by atoms with Crippen LogP contribution in [0.1, 0.15) is 37.6 Å². The standard InChI is InChI=1S/C13H21N3O/c1-5-13(2,3)16(4)11-8-9(12(15)17)6-7-10(11)14/h6-8H,5,14H2,1-4H3,(H2,15,17). The van der Waals surface area contributed by atoms with E-state index < -0.39 is 5.91 Å². The number of rotatable bonds is 4. The summed E-state index contributed by atoms with van der Waals surface area (Å²) in [4.78, 5) is 13.2. The van der Waals surface area contributed by atoms with Gasteiger partial charge in [-0.25, -0.2) is 0 Å². The van der Waals surface area contributed by atoms with Crippen molar-refractivity contribution in [3.05, 3.63) is 23.8 Å². The van der Waals surface area contributed by atoms with E-state index in [0.29, 0.717) is 11.3 Å². The van der Waals surface area contributed by atoms with Gasteiger partial charge < -0.3 is 16.4 Å². The molecule has 17 heavy (non-hydrogen) atoms. The van der Waals surface area contributed by atoms with Gasteiger partial charge in [-0.05, 0) is 38.5 Å². The number of carbonyl (C=O) groups is 1. The summed E-state index contributed by atoms with van der Waals surface area (Å²) < 4.78 is 0. The summed E-state index contributed by atoms with van der Waals surface area (Å²) in [5.41, 5.74) is 13.2. The average molecular weight is 235 g/mol. The van der Waals surface area contributed by atoms with E-state index in [4.69, 9.17) is 11.5 Å². The number of carbonyl (C=O) groups excluding carboxylic acids is 1. The molecule has 4 nitrogen and oxygen atoms in total. The van der Waals surface area contributed by atoms with Crippen LogP contribution in [0.25, 0.3) is 0 Å². The molecule has 1 amide bonds. The maximum atomic E-state index is 11.2. The Bertz CT molecular complexity index is 427. The highest BCUT2D eigenvalue weighted by Gasteiger charge is 2.23. The lowest BCUT2D eigenvalue weighted by Crippen LogP contribution is -2.41.